The maximum atomic E-state index is 11.9. The second-order valence-electron chi connectivity index (χ2n) is 6.95. The van der Waals surface area contributed by atoms with Crippen molar-refractivity contribution in [1.29, 1.82) is 0 Å². The summed E-state index contributed by atoms with van der Waals surface area (Å²) in [5.41, 5.74) is -0.848. The summed E-state index contributed by atoms with van der Waals surface area (Å²) in [7, 11) is 0. The van der Waals surface area contributed by atoms with E-state index in [1.807, 2.05) is 0 Å². The molecule has 0 aliphatic heterocycles. The second-order valence-corrected chi connectivity index (χ2v) is 6.95. The van der Waals surface area contributed by atoms with Gasteiger partial charge in [-0.3, -0.25) is 4.79 Å². The van der Waals surface area contributed by atoms with Crippen LogP contribution in [-0.2, 0) is 9.53 Å². The van der Waals surface area contributed by atoms with E-state index in [-0.39, 0.29) is 11.6 Å². The molecule has 4 fully saturated rings. The van der Waals surface area contributed by atoms with E-state index in [0.29, 0.717) is 24.7 Å². The molecule has 4 aliphatic rings. The monoisotopic (exact) mass is 252 g/mol. The van der Waals surface area contributed by atoms with E-state index >= 15 is 0 Å². The number of esters is 1. The van der Waals surface area contributed by atoms with Crippen molar-refractivity contribution in [3.63, 3.8) is 0 Å². The number of carbonyl (C=O) groups excluding carboxylic acids is 1. The first-order valence-corrected chi connectivity index (χ1v) is 7.47. The molecule has 3 heteroatoms. The van der Waals surface area contributed by atoms with Crippen LogP contribution in [0.25, 0.3) is 0 Å². The number of ether oxygens (including phenoxy) is 1. The fourth-order valence-electron chi connectivity index (χ4n) is 4.86. The van der Waals surface area contributed by atoms with Gasteiger partial charge in [0.25, 0.3) is 0 Å². The lowest BCUT2D eigenvalue weighted by atomic mass is 9.52. The Balaban J connectivity index is 1.69. The van der Waals surface area contributed by atoms with Gasteiger partial charge in [-0.1, -0.05) is 13.3 Å². The van der Waals surface area contributed by atoms with Crippen LogP contribution >= 0.6 is 0 Å². The molecule has 0 radical (unpaired) electrons. The summed E-state index contributed by atoms with van der Waals surface area (Å²) < 4.78 is 5.82. The predicted molar refractivity (Wildman–Crippen MR) is 68.0 cm³/mol. The molecular formula is C15H24O3. The van der Waals surface area contributed by atoms with E-state index in [9.17, 15) is 9.90 Å². The van der Waals surface area contributed by atoms with Crippen molar-refractivity contribution in [1.82, 2.24) is 0 Å². The van der Waals surface area contributed by atoms with Crippen molar-refractivity contribution in [3.05, 3.63) is 0 Å². The molecule has 3 nitrogen and oxygen atoms in total. The standard InChI is InChI=1S/C15H24O3/c1-2-3-4-13(16)18-15-8-11-5-12(9-15)7-14(17,6-11)10-15/h11-12,17H,2-10H2,1H3. The molecule has 4 rings (SSSR count). The van der Waals surface area contributed by atoms with Crippen molar-refractivity contribution in [2.45, 2.75) is 75.9 Å². The molecule has 2 unspecified atom stereocenters. The lowest BCUT2D eigenvalue weighted by Gasteiger charge is -2.59. The summed E-state index contributed by atoms with van der Waals surface area (Å²) in [5, 5.41) is 10.6. The van der Waals surface area contributed by atoms with Crippen LogP contribution < -0.4 is 0 Å². The van der Waals surface area contributed by atoms with Gasteiger partial charge in [-0.15, -0.1) is 0 Å². The summed E-state index contributed by atoms with van der Waals surface area (Å²) >= 11 is 0. The van der Waals surface area contributed by atoms with Gasteiger partial charge in [-0.25, -0.2) is 0 Å². The molecule has 18 heavy (non-hydrogen) atoms. The lowest BCUT2D eigenvalue weighted by Crippen LogP contribution is -2.60. The molecule has 0 heterocycles. The maximum absolute atomic E-state index is 11.9. The number of aliphatic hydroxyl groups is 1. The molecule has 0 aromatic heterocycles. The van der Waals surface area contributed by atoms with Crippen molar-refractivity contribution in [3.8, 4) is 0 Å². The molecule has 0 aromatic rings. The van der Waals surface area contributed by atoms with Crippen molar-refractivity contribution in [2.24, 2.45) is 11.8 Å². The molecule has 4 aliphatic carbocycles. The third-order valence-corrected chi connectivity index (χ3v) is 5.04. The van der Waals surface area contributed by atoms with Gasteiger partial charge in [0.2, 0.25) is 0 Å². The van der Waals surface area contributed by atoms with Crippen molar-refractivity contribution >= 4 is 5.97 Å². The van der Waals surface area contributed by atoms with Gasteiger partial charge < -0.3 is 9.84 Å². The molecule has 0 saturated heterocycles. The van der Waals surface area contributed by atoms with E-state index in [1.165, 1.54) is 6.42 Å². The number of unbranched alkanes of at least 4 members (excludes halogenated alkanes) is 1. The molecule has 0 spiro atoms. The Hall–Kier alpha value is -0.570. The average molecular weight is 252 g/mol. The minimum Gasteiger partial charge on any atom is -0.459 e. The highest BCUT2D eigenvalue weighted by Crippen LogP contribution is 2.58. The quantitative estimate of drug-likeness (QED) is 0.783. The number of rotatable bonds is 4. The van der Waals surface area contributed by atoms with Crippen LogP contribution in [0.15, 0.2) is 0 Å². The predicted octanol–water partition coefficient (Wildman–Crippen LogP) is 2.80. The molecule has 4 saturated carbocycles. The van der Waals surface area contributed by atoms with Crippen molar-refractivity contribution < 1.29 is 14.6 Å². The van der Waals surface area contributed by atoms with Gasteiger partial charge in [0.1, 0.15) is 5.60 Å². The highest BCUT2D eigenvalue weighted by atomic mass is 16.6. The van der Waals surface area contributed by atoms with E-state index in [0.717, 1.165) is 38.5 Å². The molecular weight excluding hydrogens is 228 g/mol. The largest absolute Gasteiger partial charge is 0.459 e. The molecule has 4 bridgehead atoms. The van der Waals surface area contributed by atoms with Crippen LogP contribution in [0, 0.1) is 11.8 Å². The Bertz CT molecular complexity index is 336. The normalized spacial score (nSPS) is 45.2. The SMILES string of the molecule is CCCCC(=O)OC12CC3CC(CC(O)(C3)C1)C2. The number of hydrogen-bond acceptors (Lipinski definition) is 3. The van der Waals surface area contributed by atoms with Crippen LogP contribution in [0.2, 0.25) is 0 Å². The summed E-state index contributed by atoms with van der Waals surface area (Å²) in [6.45, 7) is 2.08. The zero-order valence-corrected chi connectivity index (χ0v) is 11.3. The third-order valence-electron chi connectivity index (χ3n) is 5.04. The van der Waals surface area contributed by atoms with Gasteiger partial charge in [0.05, 0.1) is 5.60 Å². The van der Waals surface area contributed by atoms with Gasteiger partial charge in [0, 0.05) is 12.8 Å². The van der Waals surface area contributed by atoms with Crippen LogP contribution in [0.4, 0.5) is 0 Å². The number of hydrogen-bond donors (Lipinski definition) is 1. The lowest BCUT2D eigenvalue weighted by molar-refractivity contribution is -0.219. The fraction of sp³-hybridized carbons (Fsp3) is 0.933. The Morgan fingerprint density at radius 3 is 2.50 bits per heavy atom. The molecule has 102 valence electrons. The third kappa shape index (κ3) is 2.18. The smallest absolute Gasteiger partial charge is 0.306 e. The van der Waals surface area contributed by atoms with Crippen molar-refractivity contribution in [2.75, 3.05) is 0 Å². The Kier molecular flexibility index (Phi) is 2.92. The zero-order valence-electron chi connectivity index (χ0n) is 11.3. The Morgan fingerprint density at radius 1 is 1.28 bits per heavy atom. The zero-order chi connectivity index (χ0) is 12.8. The Morgan fingerprint density at radius 2 is 1.94 bits per heavy atom. The van der Waals surface area contributed by atoms with Crippen LogP contribution in [0.3, 0.4) is 0 Å². The molecule has 1 N–H and O–H groups in total. The van der Waals surface area contributed by atoms with E-state index < -0.39 is 5.60 Å². The van der Waals surface area contributed by atoms with Crippen LogP contribution in [-0.4, -0.2) is 22.3 Å². The molecule has 0 amide bonds. The summed E-state index contributed by atoms with van der Waals surface area (Å²) in [6.07, 6.45) is 8.22. The van der Waals surface area contributed by atoms with E-state index in [1.54, 1.807) is 0 Å². The summed E-state index contributed by atoms with van der Waals surface area (Å²) in [4.78, 5) is 11.9. The topological polar surface area (TPSA) is 46.5 Å². The van der Waals surface area contributed by atoms with Gasteiger partial charge in [-0.2, -0.15) is 0 Å². The van der Waals surface area contributed by atoms with E-state index in [4.69, 9.17) is 4.74 Å². The number of carbonyl (C=O) groups is 1. The van der Waals surface area contributed by atoms with Gasteiger partial charge in [0.15, 0.2) is 0 Å². The maximum Gasteiger partial charge on any atom is 0.306 e. The second kappa shape index (κ2) is 4.22. The fourth-order valence-corrected chi connectivity index (χ4v) is 4.86. The van der Waals surface area contributed by atoms with Gasteiger partial charge >= 0.3 is 5.97 Å². The highest BCUT2D eigenvalue weighted by Gasteiger charge is 2.59. The first-order valence-electron chi connectivity index (χ1n) is 7.47. The summed E-state index contributed by atoms with van der Waals surface area (Å²) in [5.74, 6) is 1.10. The summed E-state index contributed by atoms with van der Waals surface area (Å²) in [6, 6.07) is 0. The minimum atomic E-state index is -0.533. The Labute approximate surface area is 109 Å². The average Bonchev–Trinajstić information content (AvgIpc) is 2.21. The molecule has 2 atom stereocenters. The molecule has 0 aromatic carbocycles. The first kappa shape index (κ1) is 12.5. The minimum absolute atomic E-state index is 0.0533. The van der Waals surface area contributed by atoms with E-state index in [2.05, 4.69) is 6.92 Å². The first-order chi connectivity index (χ1) is 8.53. The van der Waals surface area contributed by atoms with Crippen LogP contribution in [0.1, 0.15) is 64.7 Å². The van der Waals surface area contributed by atoms with Gasteiger partial charge in [-0.05, 0) is 50.4 Å². The highest BCUT2D eigenvalue weighted by molar-refractivity contribution is 5.70. The van der Waals surface area contributed by atoms with Crippen LogP contribution in [0.5, 0.6) is 0 Å².